The Morgan fingerprint density at radius 3 is 2.68 bits per heavy atom. The Kier molecular flexibility index (Phi) is 5.41. The van der Waals surface area contributed by atoms with E-state index in [0.717, 1.165) is 67.2 Å². The highest BCUT2D eigenvalue weighted by Crippen LogP contribution is 2.46. The summed E-state index contributed by atoms with van der Waals surface area (Å²) in [5.74, 6) is 1.13. The normalized spacial score (nSPS) is 26.6. The zero-order valence-corrected chi connectivity index (χ0v) is 20.6. The molecule has 8 rings (SSSR count). The standard InChI is InChI=1S/C29H30N6O2/c36-29(37)25-17-6-8-18(9-7-17)26(25)34-24-12-23(20-10-5-16-3-1-2-4-19(16)11-20)33-28(35-24)22-14-31-27-21(22)13-30-15-32-27/h1-4,12-15,17-18,20,25-26H,5-11H2,(H,36,37)(H,30,31,32)(H,33,34,35). The molecule has 0 amide bonds. The largest absolute Gasteiger partial charge is 0.481 e. The van der Waals surface area contributed by atoms with Crippen LogP contribution >= 0.6 is 0 Å². The van der Waals surface area contributed by atoms with Crippen molar-refractivity contribution in [1.82, 2.24) is 24.9 Å². The first kappa shape index (κ1) is 22.4. The van der Waals surface area contributed by atoms with E-state index < -0.39 is 5.97 Å². The van der Waals surface area contributed by atoms with Gasteiger partial charge in [0, 0.05) is 41.4 Å². The van der Waals surface area contributed by atoms with Crippen molar-refractivity contribution in [2.75, 3.05) is 5.32 Å². The number of H-pyrrole nitrogens is 1. The number of aromatic amines is 1. The van der Waals surface area contributed by atoms with Crippen LogP contribution in [0, 0.1) is 17.8 Å². The number of nitrogens with one attached hydrogen (secondary N) is 2. The summed E-state index contributed by atoms with van der Waals surface area (Å²) in [6, 6.07) is 10.6. The van der Waals surface area contributed by atoms with Gasteiger partial charge in [-0.05, 0) is 67.9 Å². The maximum atomic E-state index is 12.3. The number of aromatic nitrogens is 5. The third-order valence-electron chi connectivity index (χ3n) is 8.93. The molecule has 2 bridgehead atoms. The van der Waals surface area contributed by atoms with Gasteiger partial charge in [0.05, 0.1) is 11.6 Å². The van der Waals surface area contributed by atoms with Crippen LogP contribution < -0.4 is 5.32 Å². The molecule has 1 aromatic carbocycles. The molecule has 3 fully saturated rings. The van der Waals surface area contributed by atoms with E-state index >= 15 is 0 Å². The summed E-state index contributed by atoms with van der Waals surface area (Å²) in [5.41, 5.74) is 5.40. The molecular formula is C29H30N6O2. The van der Waals surface area contributed by atoms with Crippen LogP contribution in [0.5, 0.6) is 0 Å². The van der Waals surface area contributed by atoms with Crippen LogP contribution in [-0.4, -0.2) is 42.0 Å². The molecule has 8 heteroatoms. The van der Waals surface area contributed by atoms with E-state index in [1.807, 2.05) is 6.20 Å². The molecule has 188 valence electrons. The zero-order chi connectivity index (χ0) is 24.9. The fourth-order valence-corrected chi connectivity index (χ4v) is 7.05. The Balaban J connectivity index is 1.30. The van der Waals surface area contributed by atoms with Crippen molar-refractivity contribution in [2.45, 2.75) is 56.9 Å². The van der Waals surface area contributed by atoms with Crippen LogP contribution in [0.4, 0.5) is 5.82 Å². The lowest BCUT2D eigenvalue weighted by molar-refractivity contribution is -0.148. The van der Waals surface area contributed by atoms with Gasteiger partial charge in [-0.3, -0.25) is 4.79 Å². The summed E-state index contributed by atoms with van der Waals surface area (Å²) < 4.78 is 0. The number of aryl methyl sites for hydroxylation is 1. The van der Waals surface area contributed by atoms with Crippen LogP contribution in [0.25, 0.3) is 22.4 Å². The monoisotopic (exact) mass is 494 g/mol. The zero-order valence-electron chi connectivity index (χ0n) is 20.6. The summed E-state index contributed by atoms with van der Waals surface area (Å²) in [4.78, 5) is 34.1. The number of rotatable bonds is 5. The van der Waals surface area contributed by atoms with E-state index in [4.69, 9.17) is 9.97 Å². The highest BCUT2D eigenvalue weighted by molar-refractivity contribution is 5.91. The molecule has 4 aliphatic rings. The molecule has 37 heavy (non-hydrogen) atoms. The highest BCUT2D eigenvalue weighted by atomic mass is 16.4. The first-order chi connectivity index (χ1) is 18.1. The molecule has 3 saturated carbocycles. The maximum Gasteiger partial charge on any atom is 0.308 e. The number of nitrogens with zero attached hydrogens (tertiary/aromatic N) is 4. The second kappa shape index (κ2) is 8.94. The molecule has 0 radical (unpaired) electrons. The molecule has 0 spiro atoms. The van der Waals surface area contributed by atoms with Gasteiger partial charge in [-0.15, -0.1) is 0 Å². The van der Waals surface area contributed by atoms with E-state index in [1.54, 1.807) is 6.20 Å². The average Bonchev–Trinajstić information content (AvgIpc) is 3.37. The fraction of sp³-hybridized carbons (Fsp3) is 0.414. The number of hydrogen-bond acceptors (Lipinski definition) is 6. The van der Waals surface area contributed by atoms with Crippen LogP contribution in [0.15, 0.2) is 49.1 Å². The number of anilines is 1. The molecule has 4 aromatic rings. The SMILES string of the molecule is O=C(O)C1C2CCC(CC2)C1Nc1cc(C2CCc3ccccc3C2)nc(-c2c[nH]c3ncncc23)n1. The van der Waals surface area contributed by atoms with Gasteiger partial charge < -0.3 is 15.4 Å². The van der Waals surface area contributed by atoms with Gasteiger partial charge in [0.2, 0.25) is 0 Å². The van der Waals surface area contributed by atoms with Crippen LogP contribution in [-0.2, 0) is 17.6 Å². The number of carboxylic acid groups (broad SMARTS) is 1. The van der Waals surface area contributed by atoms with Crippen molar-refractivity contribution in [3.05, 3.63) is 65.9 Å². The van der Waals surface area contributed by atoms with E-state index in [2.05, 4.69) is 50.6 Å². The second-order valence-corrected chi connectivity index (χ2v) is 10.9. The molecule has 3 N–H and O–H groups in total. The molecule has 3 atom stereocenters. The number of benzene rings is 1. The van der Waals surface area contributed by atoms with Gasteiger partial charge in [0.1, 0.15) is 17.8 Å². The Hall–Kier alpha value is -3.81. The Labute approximate surface area is 215 Å². The van der Waals surface area contributed by atoms with Gasteiger partial charge in [0.25, 0.3) is 0 Å². The molecule has 0 saturated heterocycles. The topological polar surface area (TPSA) is 117 Å². The highest BCUT2D eigenvalue weighted by Gasteiger charge is 2.47. The Morgan fingerprint density at radius 2 is 1.84 bits per heavy atom. The Morgan fingerprint density at radius 1 is 1.03 bits per heavy atom. The van der Waals surface area contributed by atoms with Crippen molar-refractivity contribution in [3.63, 3.8) is 0 Å². The first-order valence-electron chi connectivity index (χ1n) is 13.4. The predicted molar refractivity (Wildman–Crippen MR) is 140 cm³/mol. The first-order valence-corrected chi connectivity index (χ1v) is 13.4. The van der Waals surface area contributed by atoms with Crippen LogP contribution in [0.3, 0.4) is 0 Å². The average molecular weight is 495 g/mol. The molecule has 4 aliphatic carbocycles. The molecule has 3 aromatic heterocycles. The van der Waals surface area contributed by atoms with Crippen molar-refractivity contribution in [1.29, 1.82) is 0 Å². The minimum Gasteiger partial charge on any atom is -0.481 e. The van der Waals surface area contributed by atoms with E-state index in [9.17, 15) is 9.90 Å². The molecule has 8 nitrogen and oxygen atoms in total. The van der Waals surface area contributed by atoms with Gasteiger partial charge in [-0.2, -0.15) is 0 Å². The molecular weight excluding hydrogens is 464 g/mol. The fourth-order valence-electron chi connectivity index (χ4n) is 7.05. The second-order valence-electron chi connectivity index (χ2n) is 10.9. The van der Waals surface area contributed by atoms with Crippen LogP contribution in [0.2, 0.25) is 0 Å². The summed E-state index contributed by atoms with van der Waals surface area (Å²) >= 11 is 0. The van der Waals surface area contributed by atoms with Gasteiger partial charge >= 0.3 is 5.97 Å². The number of aliphatic carboxylic acids is 1. The summed E-state index contributed by atoms with van der Waals surface area (Å²) in [7, 11) is 0. The lowest BCUT2D eigenvalue weighted by Gasteiger charge is -2.47. The minimum atomic E-state index is -0.695. The van der Waals surface area contributed by atoms with Crippen molar-refractivity contribution in [2.24, 2.45) is 17.8 Å². The Bertz CT molecular complexity index is 1470. The third kappa shape index (κ3) is 3.95. The lowest BCUT2D eigenvalue weighted by atomic mass is 9.61. The smallest absolute Gasteiger partial charge is 0.308 e. The minimum absolute atomic E-state index is 0.112. The van der Waals surface area contributed by atoms with Gasteiger partial charge in [-0.1, -0.05) is 24.3 Å². The summed E-state index contributed by atoms with van der Waals surface area (Å²) in [6.07, 6.45) is 12.4. The predicted octanol–water partition coefficient (Wildman–Crippen LogP) is 4.99. The van der Waals surface area contributed by atoms with Crippen LogP contribution in [0.1, 0.15) is 54.8 Å². The van der Waals surface area contributed by atoms with Crippen molar-refractivity contribution >= 4 is 22.8 Å². The number of hydrogen-bond donors (Lipinski definition) is 3. The number of fused-ring (bicyclic) bond motifs is 5. The molecule has 0 aliphatic heterocycles. The molecule has 3 unspecified atom stereocenters. The third-order valence-corrected chi connectivity index (χ3v) is 8.93. The number of carboxylic acids is 1. The number of carbonyl (C=O) groups is 1. The van der Waals surface area contributed by atoms with Gasteiger partial charge in [0.15, 0.2) is 5.82 Å². The van der Waals surface area contributed by atoms with Crippen molar-refractivity contribution in [3.8, 4) is 11.4 Å². The maximum absolute atomic E-state index is 12.3. The van der Waals surface area contributed by atoms with Gasteiger partial charge in [-0.25, -0.2) is 19.9 Å². The summed E-state index contributed by atoms with van der Waals surface area (Å²) in [5, 5.41) is 14.6. The molecule has 3 heterocycles. The van der Waals surface area contributed by atoms with E-state index in [1.165, 1.54) is 17.5 Å². The summed E-state index contributed by atoms with van der Waals surface area (Å²) in [6.45, 7) is 0. The lowest BCUT2D eigenvalue weighted by Crippen LogP contribution is -2.51. The quantitative estimate of drug-likeness (QED) is 0.358. The van der Waals surface area contributed by atoms with E-state index in [-0.39, 0.29) is 23.8 Å². The van der Waals surface area contributed by atoms with Crippen molar-refractivity contribution < 1.29 is 9.90 Å². The van der Waals surface area contributed by atoms with E-state index in [0.29, 0.717) is 17.6 Å².